The second-order valence-electron chi connectivity index (χ2n) is 6.85. The van der Waals surface area contributed by atoms with E-state index < -0.39 is 23.4 Å². The van der Waals surface area contributed by atoms with Gasteiger partial charge in [0.1, 0.15) is 17.9 Å². The zero-order chi connectivity index (χ0) is 22.1. The molecule has 2 N–H and O–H groups in total. The first kappa shape index (κ1) is 22.9. The van der Waals surface area contributed by atoms with Crippen LogP contribution in [0.4, 0.5) is 5.69 Å². The van der Waals surface area contributed by atoms with Crippen LogP contribution in [-0.4, -0.2) is 50.8 Å². The second kappa shape index (κ2) is 10.4. The van der Waals surface area contributed by atoms with E-state index in [0.717, 1.165) is 5.56 Å². The van der Waals surface area contributed by atoms with Gasteiger partial charge in [-0.05, 0) is 43.7 Å². The molecule has 0 aliphatic rings. The lowest BCUT2D eigenvalue weighted by Gasteiger charge is -2.27. The van der Waals surface area contributed by atoms with E-state index in [9.17, 15) is 14.4 Å². The first-order valence-corrected chi connectivity index (χ1v) is 9.29. The molecule has 0 saturated carbocycles. The van der Waals surface area contributed by atoms with Gasteiger partial charge < -0.3 is 19.5 Å². The van der Waals surface area contributed by atoms with Crippen molar-refractivity contribution in [3.8, 4) is 5.75 Å². The van der Waals surface area contributed by atoms with E-state index in [2.05, 4.69) is 10.6 Å². The summed E-state index contributed by atoms with van der Waals surface area (Å²) in [7, 11) is 2.56. The first-order valence-electron chi connectivity index (χ1n) is 9.29. The summed E-state index contributed by atoms with van der Waals surface area (Å²) >= 11 is 0. The van der Waals surface area contributed by atoms with Crippen molar-refractivity contribution in [1.29, 1.82) is 0 Å². The first-order chi connectivity index (χ1) is 14.3. The van der Waals surface area contributed by atoms with Gasteiger partial charge in [0.15, 0.2) is 0 Å². The van der Waals surface area contributed by atoms with Gasteiger partial charge >= 0.3 is 11.9 Å². The van der Waals surface area contributed by atoms with Gasteiger partial charge in [-0.1, -0.05) is 24.3 Å². The summed E-state index contributed by atoms with van der Waals surface area (Å²) in [6, 6.07) is 13.9. The third-order valence-corrected chi connectivity index (χ3v) is 4.48. The molecular formula is C22H26N2O6. The predicted octanol–water partition coefficient (Wildman–Crippen LogP) is 2.32. The Morgan fingerprint density at radius 3 is 2.33 bits per heavy atom. The van der Waals surface area contributed by atoms with Gasteiger partial charge in [0.25, 0.3) is 0 Å². The van der Waals surface area contributed by atoms with Crippen molar-refractivity contribution >= 4 is 23.5 Å². The molecule has 0 bridgehead atoms. The molecule has 0 spiro atoms. The molecule has 1 atom stereocenters. The van der Waals surface area contributed by atoms with E-state index in [4.69, 9.17) is 14.2 Å². The largest absolute Gasteiger partial charge is 0.491 e. The Bertz CT molecular complexity index is 900. The van der Waals surface area contributed by atoms with Gasteiger partial charge in [-0.3, -0.25) is 10.1 Å². The number of ether oxygens (including phenoxy) is 3. The number of carbonyl (C=O) groups excluding carboxylic acids is 3. The lowest BCUT2D eigenvalue weighted by atomic mass is 10.0. The molecule has 1 unspecified atom stereocenters. The number of hydrogen-bond donors (Lipinski definition) is 2. The molecule has 0 aliphatic heterocycles. The molecule has 2 rings (SSSR count). The Morgan fingerprint density at radius 2 is 1.70 bits per heavy atom. The fraction of sp³-hybridized carbons (Fsp3) is 0.318. The van der Waals surface area contributed by atoms with Gasteiger partial charge in [0.05, 0.1) is 26.3 Å². The molecule has 0 fully saturated rings. The minimum atomic E-state index is -1.25. The van der Waals surface area contributed by atoms with Crippen molar-refractivity contribution in [2.45, 2.75) is 19.4 Å². The number of aryl methyl sites for hydroxylation is 1. The highest BCUT2D eigenvalue weighted by atomic mass is 16.5. The number of esters is 2. The van der Waals surface area contributed by atoms with Crippen LogP contribution < -0.4 is 15.4 Å². The van der Waals surface area contributed by atoms with Gasteiger partial charge in [-0.2, -0.15) is 0 Å². The van der Waals surface area contributed by atoms with Gasteiger partial charge in [-0.15, -0.1) is 0 Å². The zero-order valence-corrected chi connectivity index (χ0v) is 17.5. The minimum Gasteiger partial charge on any atom is -0.491 e. The summed E-state index contributed by atoms with van der Waals surface area (Å²) in [4.78, 5) is 36.5. The number of anilines is 1. The fourth-order valence-electron chi connectivity index (χ4n) is 2.62. The van der Waals surface area contributed by atoms with E-state index in [1.807, 2.05) is 18.2 Å². The quantitative estimate of drug-likeness (QED) is 0.607. The van der Waals surface area contributed by atoms with Crippen LogP contribution in [0.5, 0.6) is 5.75 Å². The van der Waals surface area contributed by atoms with Crippen LogP contribution in [-0.2, 0) is 19.1 Å². The molecule has 8 heteroatoms. The van der Waals surface area contributed by atoms with Gasteiger partial charge in [0, 0.05) is 5.69 Å². The van der Waals surface area contributed by atoms with Crippen LogP contribution in [0.1, 0.15) is 22.8 Å². The molecule has 0 radical (unpaired) electrons. The molecule has 30 heavy (non-hydrogen) atoms. The van der Waals surface area contributed by atoms with Crippen molar-refractivity contribution < 1.29 is 28.6 Å². The van der Waals surface area contributed by atoms with Gasteiger partial charge in [-0.25, -0.2) is 9.59 Å². The Morgan fingerprint density at radius 1 is 1.00 bits per heavy atom. The Hall–Kier alpha value is -3.39. The summed E-state index contributed by atoms with van der Waals surface area (Å²) in [5.74, 6) is -0.862. The Labute approximate surface area is 175 Å². The molecule has 0 saturated heterocycles. The smallest absolute Gasteiger partial charge is 0.337 e. The molecule has 2 aromatic rings. The summed E-state index contributed by atoms with van der Waals surface area (Å²) in [6.45, 7) is 3.19. The van der Waals surface area contributed by atoms with Crippen molar-refractivity contribution in [1.82, 2.24) is 5.32 Å². The number of rotatable bonds is 9. The molecule has 8 nitrogen and oxygen atoms in total. The molecule has 0 heterocycles. The maximum atomic E-state index is 12.5. The van der Waals surface area contributed by atoms with E-state index >= 15 is 0 Å². The monoisotopic (exact) mass is 414 g/mol. The van der Waals surface area contributed by atoms with Crippen LogP contribution in [0.3, 0.4) is 0 Å². The molecular weight excluding hydrogens is 388 g/mol. The number of carbonyl (C=O) groups is 3. The van der Waals surface area contributed by atoms with Crippen molar-refractivity contribution in [2.75, 3.05) is 32.7 Å². The topological polar surface area (TPSA) is 103 Å². The fourth-order valence-corrected chi connectivity index (χ4v) is 2.62. The second-order valence-corrected chi connectivity index (χ2v) is 6.85. The average Bonchev–Trinajstić information content (AvgIpc) is 2.77. The van der Waals surface area contributed by atoms with E-state index in [0.29, 0.717) is 17.0 Å². The third-order valence-electron chi connectivity index (χ3n) is 4.48. The Balaban J connectivity index is 2.03. The van der Waals surface area contributed by atoms with Crippen molar-refractivity contribution in [2.24, 2.45) is 0 Å². The van der Waals surface area contributed by atoms with Crippen molar-refractivity contribution in [3.05, 3.63) is 59.7 Å². The summed E-state index contributed by atoms with van der Waals surface area (Å²) in [5.41, 5.74) is 0.330. The van der Waals surface area contributed by atoms with Crippen LogP contribution in [0.15, 0.2) is 48.5 Å². The molecule has 160 valence electrons. The minimum absolute atomic E-state index is 0.0339. The molecule has 0 aliphatic carbocycles. The number of amides is 1. The van der Waals surface area contributed by atoms with Crippen LogP contribution >= 0.6 is 0 Å². The van der Waals surface area contributed by atoms with E-state index in [-0.39, 0.29) is 13.2 Å². The number of nitrogens with one attached hydrogen (secondary N) is 2. The highest BCUT2D eigenvalue weighted by Crippen LogP contribution is 2.18. The molecule has 1 amide bonds. The standard InChI is InChI=1S/C22H26N2O6/c1-15-10-11-16(20(26)28-3)12-18(15)24-19(25)13-23-22(2,21(27)29-4)14-30-17-8-6-5-7-9-17/h5-12,23H,13-14H2,1-4H3,(H,24,25). The van der Waals surface area contributed by atoms with Crippen LogP contribution in [0.25, 0.3) is 0 Å². The number of hydrogen-bond acceptors (Lipinski definition) is 7. The highest BCUT2D eigenvalue weighted by molar-refractivity contribution is 5.96. The van der Waals surface area contributed by atoms with Crippen LogP contribution in [0.2, 0.25) is 0 Å². The third kappa shape index (κ3) is 6.05. The lowest BCUT2D eigenvalue weighted by molar-refractivity contribution is -0.149. The average molecular weight is 414 g/mol. The lowest BCUT2D eigenvalue weighted by Crippen LogP contribution is -2.56. The predicted molar refractivity (Wildman–Crippen MR) is 112 cm³/mol. The molecule has 0 aromatic heterocycles. The summed E-state index contributed by atoms with van der Waals surface area (Å²) in [5, 5.41) is 5.63. The maximum absolute atomic E-state index is 12.5. The Kier molecular flexibility index (Phi) is 7.94. The van der Waals surface area contributed by atoms with E-state index in [1.165, 1.54) is 20.3 Å². The van der Waals surface area contributed by atoms with Crippen LogP contribution in [0, 0.1) is 6.92 Å². The number of methoxy groups -OCH3 is 2. The SMILES string of the molecule is COC(=O)c1ccc(C)c(NC(=O)CNC(C)(COc2ccccc2)C(=O)OC)c1. The molecule has 2 aromatic carbocycles. The van der Waals surface area contributed by atoms with E-state index in [1.54, 1.807) is 38.1 Å². The van der Waals surface area contributed by atoms with Crippen molar-refractivity contribution in [3.63, 3.8) is 0 Å². The number of benzene rings is 2. The zero-order valence-electron chi connectivity index (χ0n) is 17.5. The normalized spacial score (nSPS) is 12.4. The summed E-state index contributed by atoms with van der Waals surface area (Å²) in [6.07, 6.45) is 0. The maximum Gasteiger partial charge on any atom is 0.337 e. The van der Waals surface area contributed by atoms with Gasteiger partial charge in [0.2, 0.25) is 5.91 Å². The number of para-hydroxylation sites is 1. The highest BCUT2D eigenvalue weighted by Gasteiger charge is 2.35. The summed E-state index contributed by atoms with van der Waals surface area (Å²) < 4.78 is 15.2.